The number of Topliss-reactive ketones (excluding diaryl/α,β-unsaturated/α-hetero) is 1. The summed E-state index contributed by atoms with van der Waals surface area (Å²) in [6, 6.07) is 3.90. The molecule has 3 rings (SSSR count). The van der Waals surface area contributed by atoms with Gasteiger partial charge in [-0.25, -0.2) is 0 Å². The molecular weight excluding hydrogens is 300 g/mol. The number of fused-ring (bicyclic) bond motifs is 3. The van der Waals surface area contributed by atoms with E-state index in [-0.39, 0.29) is 16.6 Å². The van der Waals surface area contributed by atoms with Gasteiger partial charge in [-0.05, 0) is 61.1 Å². The first-order chi connectivity index (χ1) is 11.0. The Bertz CT molecular complexity index is 681. The number of hydrogen-bond acceptors (Lipinski definition) is 3. The summed E-state index contributed by atoms with van der Waals surface area (Å²) in [5, 5.41) is 10.5. The molecule has 1 fully saturated rings. The van der Waals surface area contributed by atoms with Crippen LogP contribution in [0.3, 0.4) is 0 Å². The molecule has 1 saturated carbocycles. The molecule has 132 valence electrons. The third-order valence-corrected chi connectivity index (χ3v) is 6.53. The summed E-state index contributed by atoms with van der Waals surface area (Å²) in [7, 11) is 1.63. The molecule has 0 aliphatic heterocycles. The zero-order chi connectivity index (χ0) is 17.9. The minimum Gasteiger partial charge on any atom is -0.496 e. The first kappa shape index (κ1) is 17.5. The van der Waals surface area contributed by atoms with Crippen LogP contribution in [0.1, 0.15) is 81.8 Å². The van der Waals surface area contributed by atoms with Crippen LogP contribution in [0.15, 0.2) is 12.1 Å². The van der Waals surface area contributed by atoms with E-state index in [1.807, 2.05) is 12.1 Å². The van der Waals surface area contributed by atoms with Crippen molar-refractivity contribution in [1.82, 2.24) is 0 Å². The van der Waals surface area contributed by atoms with Gasteiger partial charge in [0.2, 0.25) is 0 Å². The molecule has 3 nitrogen and oxygen atoms in total. The van der Waals surface area contributed by atoms with Gasteiger partial charge in [-0.3, -0.25) is 4.79 Å². The van der Waals surface area contributed by atoms with Crippen molar-refractivity contribution < 1.29 is 14.6 Å². The number of carbonyl (C=O) groups excluding carboxylic acids is 1. The van der Waals surface area contributed by atoms with Gasteiger partial charge in [-0.1, -0.05) is 27.2 Å². The van der Waals surface area contributed by atoms with Gasteiger partial charge in [0.05, 0.1) is 12.7 Å². The molecule has 2 aliphatic rings. The molecule has 0 aromatic heterocycles. The van der Waals surface area contributed by atoms with Crippen LogP contribution in [0.4, 0.5) is 0 Å². The summed E-state index contributed by atoms with van der Waals surface area (Å²) >= 11 is 0. The number of hydrogen-bond donors (Lipinski definition) is 1. The van der Waals surface area contributed by atoms with Gasteiger partial charge in [0.15, 0.2) is 5.78 Å². The predicted octanol–water partition coefficient (Wildman–Crippen LogP) is 4.59. The van der Waals surface area contributed by atoms with Crippen molar-refractivity contribution in [2.24, 2.45) is 11.3 Å². The topological polar surface area (TPSA) is 46.5 Å². The number of methoxy groups -OCH3 is 1. The lowest BCUT2D eigenvalue weighted by Gasteiger charge is -2.54. The van der Waals surface area contributed by atoms with Gasteiger partial charge in [0.25, 0.3) is 0 Å². The van der Waals surface area contributed by atoms with E-state index in [9.17, 15) is 9.90 Å². The van der Waals surface area contributed by atoms with E-state index in [1.54, 1.807) is 21.0 Å². The Hall–Kier alpha value is -1.35. The molecule has 3 heteroatoms. The van der Waals surface area contributed by atoms with Crippen LogP contribution < -0.4 is 4.74 Å². The largest absolute Gasteiger partial charge is 0.496 e. The molecule has 0 amide bonds. The van der Waals surface area contributed by atoms with Gasteiger partial charge in [-0.15, -0.1) is 0 Å². The Balaban J connectivity index is 2.24. The minimum absolute atomic E-state index is 0.00357. The Morgan fingerprint density at radius 3 is 2.46 bits per heavy atom. The zero-order valence-corrected chi connectivity index (χ0v) is 15.8. The number of aliphatic hydroxyl groups is 1. The van der Waals surface area contributed by atoms with Crippen LogP contribution >= 0.6 is 0 Å². The van der Waals surface area contributed by atoms with Crippen molar-refractivity contribution in [1.29, 1.82) is 0 Å². The fourth-order valence-electron chi connectivity index (χ4n) is 5.17. The fraction of sp³-hybridized carbons (Fsp3) is 0.667. The van der Waals surface area contributed by atoms with Crippen molar-refractivity contribution in [3.05, 3.63) is 28.8 Å². The molecule has 0 saturated heterocycles. The van der Waals surface area contributed by atoms with Crippen LogP contribution in [0.5, 0.6) is 5.75 Å². The Labute approximate surface area is 145 Å². The Morgan fingerprint density at radius 2 is 1.88 bits per heavy atom. The van der Waals surface area contributed by atoms with E-state index < -0.39 is 5.60 Å². The molecule has 0 bridgehead atoms. The standard InChI is InChI=1S/C21H30O3/c1-19(2)8-7-9-21(5)14-11-17(24-6)15(20(3,4)23)10-13(14)16(22)12-18(19)21/h10-11,18,23H,7-9,12H2,1-6H3/t18-,21+/m0/s1. The first-order valence-corrected chi connectivity index (χ1v) is 8.99. The van der Waals surface area contributed by atoms with Crippen LogP contribution in [0.2, 0.25) is 0 Å². The molecule has 1 aromatic rings. The van der Waals surface area contributed by atoms with E-state index in [0.717, 1.165) is 17.5 Å². The second kappa shape index (κ2) is 5.32. The number of rotatable bonds is 2. The van der Waals surface area contributed by atoms with Gasteiger partial charge < -0.3 is 9.84 Å². The first-order valence-electron chi connectivity index (χ1n) is 8.99. The molecule has 2 atom stereocenters. The summed E-state index contributed by atoms with van der Waals surface area (Å²) < 4.78 is 5.58. The zero-order valence-electron chi connectivity index (χ0n) is 15.8. The lowest BCUT2D eigenvalue weighted by atomic mass is 9.50. The second-order valence-electron chi connectivity index (χ2n) is 9.10. The van der Waals surface area contributed by atoms with Gasteiger partial charge in [-0.2, -0.15) is 0 Å². The molecule has 0 radical (unpaired) electrons. The molecule has 1 aromatic carbocycles. The van der Waals surface area contributed by atoms with Crippen LogP contribution in [0.25, 0.3) is 0 Å². The monoisotopic (exact) mass is 330 g/mol. The summed E-state index contributed by atoms with van der Waals surface area (Å²) in [5.74, 6) is 1.24. The normalized spacial score (nSPS) is 29.0. The number of ketones is 1. The van der Waals surface area contributed by atoms with E-state index >= 15 is 0 Å². The SMILES string of the molecule is COc1cc2c(cc1C(C)(C)O)C(=O)C[C@H]1C(C)(C)CCC[C@]21C. The number of benzene rings is 1. The highest BCUT2D eigenvalue weighted by atomic mass is 16.5. The Kier molecular flexibility index (Phi) is 3.87. The van der Waals surface area contributed by atoms with Gasteiger partial charge in [0, 0.05) is 17.5 Å². The fourth-order valence-corrected chi connectivity index (χ4v) is 5.17. The average Bonchev–Trinajstić information content (AvgIpc) is 2.47. The van der Waals surface area contributed by atoms with E-state index in [2.05, 4.69) is 20.8 Å². The highest BCUT2D eigenvalue weighted by Gasteiger charge is 2.52. The summed E-state index contributed by atoms with van der Waals surface area (Å²) in [6.45, 7) is 10.4. The Morgan fingerprint density at radius 1 is 1.21 bits per heavy atom. The number of carbonyl (C=O) groups is 1. The average molecular weight is 330 g/mol. The maximum atomic E-state index is 12.9. The maximum Gasteiger partial charge on any atom is 0.163 e. The quantitative estimate of drug-likeness (QED) is 0.862. The van der Waals surface area contributed by atoms with E-state index in [1.165, 1.54) is 12.8 Å². The van der Waals surface area contributed by atoms with Gasteiger partial charge >= 0.3 is 0 Å². The van der Waals surface area contributed by atoms with Crippen LogP contribution in [0, 0.1) is 11.3 Å². The van der Waals surface area contributed by atoms with Crippen molar-refractivity contribution in [2.75, 3.05) is 7.11 Å². The third kappa shape index (κ3) is 2.48. The molecule has 1 N–H and O–H groups in total. The smallest absolute Gasteiger partial charge is 0.163 e. The van der Waals surface area contributed by atoms with Gasteiger partial charge in [0.1, 0.15) is 5.75 Å². The van der Waals surface area contributed by atoms with Crippen LogP contribution in [-0.2, 0) is 11.0 Å². The summed E-state index contributed by atoms with van der Waals surface area (Å²) in [5.41, 5.74) is 1.71. The van der Waals surface area contributed by atoms with Crippen molar-refractivity contribution in [3.8, 4) is 5.75 Å². The predicted molar refractivity (Wildman–Crippen MR) is 95.7 cm³/mol. The van der Waals surface area contributed by atoms with Crippen molar-refractivity contribution >= 4 is 5.78 Å². The molecular formula is C21H30O3. The molecule has 0 unspecified atom stereocenters. The second-order valence-corrected chi connectivity index (χ2v) is 9.10. The number of ether oxygens (including phenoxy) is 1. The minimum atomic E-state index is -1.04. The van der Waals surface area contributed by atoms with E-state index in [0.29, 0.717) is 23.7 Å². The molecule has 2 aliphatic carbocycles. The van der Waals surface area contributed by atoms with Crippen molar-refractivity contribution in [2.45, 2.75) is 71.3 Å². The van der Waals surface area contributed by atoms with E-state index in [4.69, 9.17) is 4.74 Å². The molecule has 24 heavy (non-hydrogen) atoms. The van der Waals surface area contributed by atoms with Crippen LogP contribution in [-0.4, -0.2) is 18.0 Å². The highest BCUT2D eigenvalue weighted by molar-refractivity contribution is 6.00. The lowest BCUT2D eigenvalue weighted by Crippen LogP contribution is -2.49. The molecule has 0 spiro atoms. The molecule has 0 heterocycles. The summed E-state index contributed by atoms with van der Waals surface area (Å²) in [6.07, 6.45) is 4.07. The lowest BCUT2D eigenvalue weighted by molar-refractivity contribution is 0.0363. The third-order valence-electron chi connectivity index (χ3n) is 6.53. The summed E-state index contributed by atoms with van der Waals surface area (Å²) in [4.78, 5) is 12.9. The van der Waals surface area contributed by atoms with Crippen molar-refractivity contribution in [3.63, 3.8) is 0 Å². The maximum absolute atomic E-state index is 12.9. The highest BCUT2D eigenvalue weighted by Crippen LogP contribution is 2.57.